The van der Waals surface area contributed by atoms with Crippen molar-refractivity contribution in [3.8, 4) is 0 Å². The van der Waals surface area contributed by atoms with Crippen molar-refractivity contribution in [1.82, 2.24) is 20.0 Å². The lowest BCUT2D eigenvalue weighted by Crippen LogP contribution is -2.54. The van der Waals surface area contributed by atoms with E-state index in [9.17, 15) is 9.90 Å². The van der Waals surface area contributed by atoms with E-state index in [0.717, 1.165) is 70.2 Å². The largest absolute Gasteiger partial charge is 0.391 e. The van der Waals surface area contributed by atoms with Gasteiger partial charge < -0.3 is 20.2 Å². The van der Waals surface area contributed by atoms with E-state index in [0.29, 0.717) is 19.5 Å². The Balaban J connectivity index is 1.46. The molecule has 30 heavy (non-hydrogen) atoms. The minimum atomic E-state index is -0.496. The van der Waals surface area contributed by atoms with E-state index < -0.39 is 6.10 Å². The fourth-order valence-electron chi connectivity index (χ4n) is 4.12. The molecule has 2 aliphatic rings. The second kappa shape index (κ2) is 11.9. The van der Waals surface area contributed by atoms with Gasteiger partial charge in [0.15, 0.2) is 5.96 Å². The van der Waals surface area contributed by atoms with Crippen molar-refractivity contribution in [2.45, 2.75) is 38.7 Å². The van der Waals surface area contributed by atoms with Crippen LogP contribution in [-0.4, -0.2) is 96.7 Å². The van der Waals surface area contributed by atoms with E-state index >= 15 is 0 Å². The summed E-state index contributed by atoms with van der Waals surface area (Å²) in [5.41, 5.74) is 1.12. The zero-order valence-corrected chi connectivity index (χ0v) is 18.3. The van der Waals surface area contributed by atoms with Crippen molar-refractivity contribution >= 4 is 11.9 Å². The quantitative estimate of drug-likeness (QED) is 0.517. The minimum absolute atomic E-state index is 0.271. The first-order chi connectivity index (χ1) is 14.7. The van der Waals surface area contributed by atoms with Crippen LogP contribution in [0.1, 0.15) is 31.7 Å². The summed E-state index contributed by atoms with van der Waals surface area (Å²) in [5.74, 6) is 1.12. The Bertz CT molecular complexity index is 667. The zero-order valence-electron chi connectivity index (χ0n) is 18.3. The number of hydrogen-bond acceptors (Lipinski definition) is 4. The van der Waals surface area contributed by atoms with Gasteiger partial charge >= 0.3 is 0 Å². The molecule has 1 amide bonds. The third kappa shape index (κ3) is 6.99. The molecule has 7 heteroatoms. The fourth-order valence-corrected chi connectivity index (χ4v) is 4.12. The number of benzene rings is 1. The summed E-state index contributed by atoms with van der Waals surface area (Å²) in [5, 5.41) is 13.7. The summed E-state index contributed by atoms with van der Waals surface area (Å²) in [6, 6.07) is 10.0. The van der Waals surface area contributed by atoms with Crippen LogP contribution in [0.5, 0.6) is 0 Å². The number of aliphatic hydroxyl groups excluding tert-OH is 1. The highest BCUT2D eigenvalue weighted by Crippen LogP contribution is 2.10. The van der Waals surface area contributed by atoms with Gasteiger partial charge in [0.25, 0.3) is 0 Å². The molecule has 2 fully saturated rings. The Hall–Kier alpha value is -2.12. The molecule has 2 saturated heterocycles. The number of carbonyl (C=O) groups excluding carboxylic acids is 1. The molecule has 0 radical (unpaired) electrons. The molecule has 2 N–H and O–H groups in total. The van der Waals surface area contributed by atoms with Gasteiger partial charge in [-0.2, -0.15) is 0 Å². The number of guanidine groups is 1. The van der Waals surface area contributed by atoms with E-state index in [4.69, 9.17) is 0 Å². The highest BCUT2D eigenvalue weighted by Gasteiger charge is 2.24. The average molecular weight is 416 g/mol. The van der Waals surface area contributed by atoms with Gasteiger partial charge in [-0.05, 0) is 31.7 Å². The number of amides is 1. The number of carbonyl (C=O) groups is 1. The number of likely N-dealkylation sites (tertiary alicyclic amines) is 1. The van der Waals surface area contributed by atoms with Crippen molar-refractivity contribution in [2.75, 3.05) is 58.9 Å². The topological polar surface area (TPSA) is 71.4 Å². The van der Waals surface area contributed by atoms with Crippen molar-refractivity contribution in [2.24, 2.45) is 4.99 Å². The first-order valence-electron chi connectivity index (χ1n) is 11.4. The van der Waals surface area contributed by atoms with E-state index in [1.807, 2.05) is 35.2 Å². The third-order valence-electron chi connectivity index (χ3n) is 5.84. The van der Waals surface area contributed by atoms with Crippen molar-refractivity contribution in [3.05, 3.63) is 35.9 Å². The molecule has 2 heterocycles. The summed E-state index contributed by atoms with van der Waals surface area (Å²) in [6.45, 7) is 8.99. The maximum Gasteiger partial charge on any atom is 0.236 e. The molecule has 2 aliphatic heterocycles. The van der Waals surface area contributed by atoms with Gasteiger partial charge in [-0.1, -0.05) is 30.3 Å². The molecule has 0 saturated carbocycles. The lowest BCUT2D eigenvalue weighted by Gasteiger charge is -2.37. The Morgan fingerprint density at radius 3 is 2.40 bits per heavy atom. The van der Waals surface area contributed by atoms with Gasteiger partial charge in [-0.15, -0.1) is 0 Å². The van der Waals surface area contributed by atoms with Gasteiger partial charge in [0.1, 0.15) is 0 Å². The maximum absolute atomic E-state index is 12.5. The Morgan fingerprint density at radius 2 is 1.73 bits per heavy atom. The molecule has 166 valence electrons. The molecule has 1 aromatic rings. The second-order valence-corrected chi connectivity index (χ2v) is 8.24. The zero-order chi connectivity index (χ0) is 21.2. The second-order valence-electron chi connectivity index (χ2n) is 8.24. The lowest BCUT2D eigenvalue weighted by molar-refractivity contribution is -0.133. The van der Waals surface area contributed by atoms with E-state index in [1.54, 1.807) is 0 Å². The van der Waals surface area contributed by atoms with Crippen LogP contribution in [-0.2, 0) is 11.2 Å². The van der Waals surface area contributed by atoms with Gasteiger partial charge in [-0.3, -0.25) is 14.7 Å². The summed E-state index contributed by atoms with van der Waals surface area (Å²) in [7, 11) is 0. The van der Waals surface area contributed by atoms with Crippen LogP contribution in [0.3, 0.4) is 0 Å². The van der Waals surface area contributed by atoms with E-state index in [1.165, 1.54) is 6.42 Å². The van der Waals surface area contributed by atoms with Crippen LogP contribution in [0.2, 0.25) is 0 Å². The molecule has 0 bridgehead atoms. The molecule has 1 aromatic carbocycles. The maximum atomic E-state index is 12.5. The predicted molar refractivity (Wildman–Crippen MR) is 121 cm³/mol. The fraction of sp³-hybridized carbons (Fsp3) is 0.652. The standard InChI is InChI=1S/C23H37N5O2/c1-2-24-23(25-18-21(29)17-20-9-5-3-6-10-20)28-15-13-26(14-16-28)19-22(30)27-11-7-4-8-12-27/h3,5-6,9-10,21,29H,2,4,7-8,11-19H2,1H3,(H,24,25). The summed E-state index contributed by atoms with van der Waals surface area (Å²) < 4.78 is 0. The van der Waals surface area contributed by atoms with Crippen LogP contribution < -0.4 is 5.32 Å². The summed E-state index contributed by atoms with van der Waals surface area (Å²) in [6.07, 6.45) is 3.63. The molecule has 1 unspecified atom stereocenters. The van der Waals surface area contributed by atoms with Crippen LogP contribution >= 0.6 is 0 Å². The average Bonchev–Trinajstić information content (AvgIpc) is 2.78. The number of aliphatic imine (C=N–C) groups is 1. The SMILES string of the molecule is CCNC(=NCC(O)Cc1ccccc1)N1CCN(CC(=O)N2CCCCC2)CC1. The van der Waals surface area contributed by atoms with Gasteiger partial charge in [0, 0.05) is 52.2 Å². The Kier molecular flexibility index (Phi) is 8.96. The Labute approximate surface area is 180 Å². The molecule has 3 rings (SSSR count). The Morgan fingerprint density at radius 1 is 1.03 bits per heavy atom. The number of piperidine rings is 1. The molecule has 0 spiro atoms. The molecular formula is C23H37N5O2. The van der Waals surface area contributed by atoms with Gasteiger partial charge in [-0.25, -0.2) is 0 Å². The number of rotatable bonds is 7. The van der Waals surface area contributed by atoms with Gasteiger partial charge in [0.2, 0.25) is 5.91 Å². The molecule has 7 nitrogen and oxygen atoms in total. The van der Waals surface area contributed by atoms with Crippen molar-refractivity contribution < 1.29 is 9.90 Å². The number of aliphatic hydroxyl groups is 1. The predicted octanol–water partition coefficient (Wildman–Crippen LogP) is 1.19. The van der Waals surface area contributed by atoms with Crippen LogP contribution in [0, 0.1) is 0 Å². The van der Waals surface area contributed by atoms with Crippen LogP contribution in [0.25, 0.3) is 0 Å². The molecule has 0 aliphatic carbocycles. The van der Waals surface area contributed by atoms with Crippen molar-refractivity contribution in [3.63, 3.8) is 0 Å². The van der Waals surface area contributed by atoms with Crippen molar-refractivity contribution in [1.29, 1.82) is 0 Å². The monoisotopic (exact) mass is 415 g/mol. The highest BCUT2D eigenvalue weighted by molar-refractivity contribution is 5.80. The van der Waals surface area contributed by atoms with E-state index in [-0.39, 0.29) is 5.91 Å². The first-order valence-corrected chi connectivity index (χ1v) is 11.4. The number of piperazine rings is 1. The molecule has 1 atom stereocenters. The molecular weight excluding hydrogens is 378 g/mol. The number of hydrogen-bond donors (Lipinski definition) is 2. The summed E-state index contributed by atoms with van der Waals surface area (Å²) in [4.78, 5) is 23.7. The summed E-state index contributed by atoms with van der Waals surface area (Å²) >= 11 is 0. The number of nitrogens with zero attached hydrogens (tertiary/aromatic N) is 4. The lowest BCUT2D eigenvalue weighted by atomic mass is 10.1. The molecule has 0 aromatic heterocycles. The van der Waals surface area contributed by atoms with Crippen LogP contribution in [0.15, 0.2) is 35.3 Å². The first kappa shape index (κ1) is 22.6. The normalized spacial score (nSPS) is 19.6. The number of nitrogens with one attached hydrogen (secondary N) is 1. The highest BCUT2D eigenvalue weighted by atomic mass is 16.3. The van der Waals surface area contributed by atoms with Crippen LogP contribution in [0.4, 0.5) is 0 Å². The van der Waals surface area contributed by atoms with E-state index in [2.05, 4.69) is 27.0 Å². The third-order valence-corrected chi connectivity index (χ3v) is 5.84. The smallest absolute Gasteiger partial charge is 0.236 e. The minimum Gasteiger partial charge on any atom is -0.391 e. The van der Waals surface area contributed by atoms with Gasteiger partial charge in [0.05, 0.1) is 19.2 Å².